The molecule has 4 aromatic carbocycles. The number of thiophene rings is 2. The molecule has 2 aromatic heterocycles. The van der Waals surface area contributed by atoms with E-state index < -0.39 is 0 Å². The topological polar surface area (TPSA) is 26.3 Å². The van der Waals surface area contributed by atoms with Crippen LogP contribution in [0, 0.1) is 0 Å². The zero-order chi connectivity index (χ0) is 24.9. The minimum absolute atomic E-state index is 0.129. The Hall–Kier alpha value is -3.47. The Bertz CT molecular complexity index is 1810. The van der Waals surface area contributed by atoms with E-state index in [9.17, 15) is 4.79 Å². The SMILES string of the molecule is C=CC(=O)OC1CCC(c2cccc3c2sc2ccccc23)CC1c1cccc2c1sc1ccccc12. The first-order chi connectivity index (χ1) is 18.2. The van der Waals surface area contributed by atoms with Crippen LogP contribution in [0.4, 0.5) is 0 Å². The van der Waals surface area contributed by atoms with Gasteiger partial charge in [0.25, 0.3) is 0 Å². The fourth-order valence-corrected chi connectivity index (χ4v) is 8.82. The van der Waals surface area contributed by atoms with E-state index in [0.29, 0.717) is 5.92 Å². The van der Waals surface area contributed by atoms with Crippen molar-refractivity contribution < 1.29 is 9.53 Å². The fourth-order valence-electron chi connectivity index (χ4n) is 6.24. The predicted molar refractivity (Wildman–Crippen MR) is 158 cm³/mol. The summed E-state index contributed by atoms with van der Waals surface area (Å²) < 4.78 is 11.3. The number of benzene rings is 4. The summed E-state index contributed by atoms with van der Waals surface area (Å²) in [6.45, 7) is 3.65. The van der Waals surface area contributed by atoms with Crippen molar-refractivity contribution in [3.8, 4) is 0 Å². The predicted octanol–water partition coefficient (Wildman–Crippen LogP) is 9.57. The van der Waals surface area contributed by atoms with E-state index in [4.69, 9.17) is 4.74 Å². The first-order valence-corrected chi connectivity index (χ1v) is 14.5. The summed E-state index contributed by atoms with van der Waals surface area (Å²) in [6.07, 6.45) is 3.94. The molecule has 0 spiro atoms. The monoisotopic (exact) mass is 518 g/mol. The van der Waals surface area contributed by atoms with Gasteiger partial charge in [-0.2, -0.15) is 0 Å². The van der Waals surface area contributed by atoms with Crippen LogP contribution in [0.1, 0.15) is 42.2 Å². The summed E-state index contributed by atoms with van der Waals surface area (Å²) in [4.78, 5) is 12.4. The van der Waals surface area contributed by atoms with Crippen LogP contribution in [0.2, 0.25) is 0 Å². The maximum absolute atomic E-state index is 12.4. The van der Waals surface area contributed by atoms with E-state index in [1.807, 2.05) is 22.7 Å². The lowest BCUT2D eigenvalue weighted by Gasteiger charge is -2.36. The molecule has 3 unspecified atom stereocenters. The number of carbonyl (C=O) groups excluding carboxylic acids is 1. The molecular weight excluding hydrogens is 492 g/mol. The van der Waals surface area contributed by atoms with Crippen molar-refractivity contribution in [1.82, 2.24) is 0 Å². The molecule has 2 heterocycles. The van der Waals surface area contributed by atoms with Crippen LogP contribution in [-0.2, 0) is 9.53 Å². The van der Waals surface area contributed by atoms with Crippen molar-refractivity contribution in [2.75, 3.05) is 0 Å². The lowest BCUT2D eigenvalue weighted by Crippen LogP contribution is -2.31. The first kappa shape index (κ1) is 22.7. The summed E-state index contributed by atoms with van der Waals surface area (Å²) in [5, 5.41) is 5.28. The molecule has 0 saturated heterocycles. The van der Waals surface area contributed by atoms with E-state index >= 15 is 0 Å². The molecule has 2 nitrogen and oxygen atoms in total. The van der Waals surface area contributed by atoms with E-state index in [-0.39, 0.29) is 18.0 Å². The van der Waals surface area contributed by atoms with Crippen LogP contribution < -0.4 is 0 Å². The molecule has 37 heavy (non-hydrogen) atoms. The number of esters is 1. The van der Waals surface area contributed by atoms with E-state index in [0.717, 1.165) is 19.3 Å². The molecular formula is C33H26O2S2. The number of hydrogen-bond donors (Lipinski definition) is 0. The number of rotatable bonds is 4. The minimum atomic E-state index is -0.330. The molecule has 182 valence electrons. The lowest BCUT2D eigenvalue weighted by molar-refractivity contribution is -0.145. The van der Waals surface area contributed by atoms with Crippen molar-refractivity contribution in [2.45, 2.75) is 37.2 Å². The Morgan fingerprint density at radius 2 is 1.30 bits per heavy atom. The van der Waals surface area contributed by atoms with Gasteiger partial charge in [-0.1, -0.05) is 79.4 Å². The standard InChI is InChI=1S/C33H26O2S2/c1-2-31(34)35-28-18-17-20(21-11-7-12-24-22-9-3-5-15-29(22)36-32(21)24)19-27(28)26-14-8-13-25-23-10-4-6-16-30(23)37-33(25)26/h2-16,20,27-28H,1,17-19H2. The van der Waals surface area contributed by atoms with E-state index in [2.05, 4.69) is 91.5 Å². The molecule has 1 saturated carbocycles. The molecule has 0 bridgehead atoms. The summed E-state index contributed by atoms with van der Waals surface area (Å²) >= 11 is 3.76. The molecule has 6 aromatic rings. The van der Waals surface area contributed by atoms with Crippen LogP contribution in [0.3, 0.4) is 0 Å². The summed E-state index contributed by atoms with van der Waals surface area (Å²) in [5.41, 5.74) is 2.73. The van der Waals surface area contributed by atoms with Gasteiger partial charge in [0.2, 0.25) is 0 Å². The quantitative estimate of drug-likeness (QED) is 0.172. The van der Waals surface area contributed by atoms with Gasteiger partial charge in [-0.15, -0.1) is 22.7 Å². The van der Waals surface area contributed by atoms with Crippen molar-refractivity contribution in [2.24, 2.45) is 0 Å². The Labute approximate surface area is 223 Å². The van der Waals surface area contributed by atoms with Gasteiger partial charge in [0.05, 0.1) is 0 Å². The number of hydrogen-bond acceptors (Lipinski definition) is 4. The van der Waals surface area contributed by atoms with Gasteiger partial charge in [-0.3, -0.25) is 0 Å². The Kier molecular flexibility index (Phi) is 5.60. The molecule has 1 fully saturated rings. The maximum atomic E-state index is 12.4. The largest absolute Gasteiger partial charge is 0.459 e. The third-order valence-electron chi connectivity index (χ3n) is 7.93. The number of ether oxygens (including phenoxy) is 1. The fraction of sp³-hybridized carbons (Fsp3) is 0.182. The van der Waals surface area contributed by atoms with Gasteiger partial charge in [-0.25, -0.2) is 4.79 Å². The van der Waals surface area contributed by atoms with Gasteiger partial charge in [0.15, 0.2) is 0 Å². The van der Waals surface area contributed by atoms with Gasteiger partial charge in [0.1, 0.15) is 6.10 Å². The van der Waals surface area contributed by atoms with Crippen LogP contribution >= 0.6 is 22.7 Å². The summed E-state index contributed by atoms with van der Waals surface area (Å²) in [7, 11) is 0. The smallest absolute Gasteiger partial charge is 0.330 e. The minimum Gasteiger partial charge on any atom is -0.459 e. The lowest BCUT2D eigenvalue weighted by atomic mass is 9.73. The summed E-state index contributed by atoms with van der Waals surface area (Å²) in [5.74, 6) is 0.206. The zero-order valence-electron chi connectivity index (χ0n) is 20.4. The van der Waals surface area contributed by atoms with E-state index in [1.54, 1.807) is 0 Å². The van der Waals surface area contributed by atoms with Crippen molar-refractivity contribution in [3.63, 3.8) is 0 Å². The highest BCUT2D eigenvalue weighted by Crippen LogP contribution is 2.49. The first-order valence-electron chi connectivity index (χ1n) is 12.8. The van der Waals surface area contributed by atoms with Gasteiger partial charge in [0, 0.05) is 52.3 Å². The normalized spacial score (nSPS) is 20.1. The van der Waals surface area contributed by atoms with Crippen molar-refractivity contribution in [3.05, 3.63) is 109 Å². The molecule has 3 atom stereocenters. The average molecular weight is 519 g/mol. The highest BCUT2D eigenvalue weighted by atomic mass is 32.1. The molecule has 7 rings (SSSR count). The molecule has 0 N–H and O–H groups in total. The highest BCUT2D eigenvalue weighted by molar-refractivity contribution is 7.26. The van der Waals surface area contributed by atoms with Gasteiger partial charge >= 0.3 is 5.97 Å². The third-order valence-corrected chi connectivity index (χ3v) is 10.4. The Morgan fingerprint density at radius 3 is 1.95 bits per heavy atom. The highest BCUT2D eigenvalue weighted by Gasteiger charge is 2.36. The summed E-state index contributed by atoms with van der Waals surface area (Å²) in [6, 6.07) is 30.7. The second-order valence-electron chi connectivity index (χ2n) is 9.94. The number of fused-ring (bicyclic) bond motifs is 6. The molecule has 0 amide bonds. The molecule has 1 aliphatic rings. The Morgan fingerprint density at radius 1 is 0.730 bits per heavy atom. The molecule has 0 aliphatic heterocycles. The average Bonchev–Trinajstić information content (AvgIpc) is 3.52. The Balaban J connectivity index is 1.35. The van der Waals surface area contributed by atoms with E-state index in [1.165, 1.54) is 57.5 Å². The van der Waals surface area contributed by atoms with Crippen molar-refractivity contribution >= 4 is 69.0 Å². The second-order valence-corrected chi connectivity index (χ2v) is 12.0. The molecule has 1 aliphatic carbocycles. The van der Waals surface area contributed by atoms with Crippen LogP contribution in [0.15, 0.2) is 97.6 Å². The number of carbonyl (C=O) groups is 1. The van der Waals surface area contributed by atoms with Gasteiger partial charge in [-0.05, 0) is 48.4 Å². The van der Waals surface area contributed by atoms with Crippen LogP contribution in [-0.4, -0.2) is 12.1 Å². The maximum Gasteiger partial charge on any atom is 0.330 e. The molecule has 0 radical (unpaired) electrons. The van der Waals surface area contributed by atoms with Gasteiger partial charge < -0.3 is 4.74 Å². The third kappa shape index (κ3) is 3.78. The van der Waals surface area contributed by atoms with Crippen LogP contribution in [0.5, 0.6) is 0 Å². The van der Waals surface area contributed by atoms with Crippen LogP contribution in [0.25, 0.3) is 40.3 Å². The zero-order valence-corrected chi connectivity index (χ0v) is 22.0. The molecule has 4 heteroatoms. The second kappa shape index (κ2) is 9.13. The van der Waals surface area contributed by atoms with Crippen molar-refractivity contribution in [1.29, 1.82) is 0 Å².